The summed E-state index contributed by atoms with van der Waals surface area (Å²) in [6.07, 6.45) is 10.5. The predicted molar refractivity (Wildman–Crippen MR) is 160 cm³/mol. The first-order valence-corrected chi connectivity index (χ1v) is 14.4. The summed E-state index contributed by atoms with van der Waals surface area (Å²) in [5.41, 5.74) is 13.0. The molecule has 40 heavy (non-hydrogen) atoms. The number of hydrogen-bond donors (Lipinski definition) is 2. The number of benzene rings is 2. The molecule has 2 fully saturated rings. The number of β-amino-alcohol motifs (C(OH)–C–C–N with tert-alkyl or cyclic N) is 1. The molecule has 1 saturated carbocycles. The van der Waals surface area contributed by atoms with Crippen LogP contribution in [-0.4, -0.2) is 81.7 Å². The largest absolute Gasteiger partial charge is 0.395 e. The van der Waals surface area contributed by atoms with Crippen molar-refractivity contribution >= 4 is 23.1 Å². The third-order valence-electron chi connectivity index (χ3n) is 9.13. The van der Waals surface area contributed by atoms with Crippen LogP contribution in [0, 0.1) is 0 Å². The average molecular weight is 536 g/mol. The molecule has 1 unspecified atom stereocenters. The number of likely N-dealkylation sites (N-methyl/N-ethyl adjacent to an activating group) is 1. The van der Waals surface area contributed by atoms with Gasteiger partial charge in [0.1, 0.15) is 22.9 Å². The summed E-state index contributed by atoms with van der Waals surface area (Å²) in [6.45, 7) is 5.23. The number of fused-ring (bicyclic) bond motifs is 2. The fourth-order valence-electron chi connectivity index (χ4n) is 6.76. The summed E-state index contributed by atoms with van der Waals surface area (Å²) < 4.78 is 2.17. The highest BCUT2D eigenvalue weighted by Gasteiger charge is 2.38. The summed E-state index contributed by atoms with van der Waals surface area (Å²) in [6, 6.07) is 18.0. The third kappa shape index (κ3) is 4.36. The van der Waals surface area contributed by atoms with E-state index in [9.17, 15) is 5.11 Å². The Morgan fingerprint density at radius 2 is 1.82 bits per heavy atom. The molecule has 0 amide bonds. The molecule has 4 aromatic rings. The molecule has 1 atom stereocenters. The molecule has 4 heterocycles. The van der Waals surface area contributed by atoms with Gasteiger partial charge in [-0.2, -0.15) is 0 Å². The molecular weight excluding hydrogens is 498 g/mol. The van der Waals surface area contributed by atoms with E-state index in [0.29, 0.717) is 17.8 Å². The van der Waals surface area contributed by atoms with E-state index in [0.717, 1.165) is 68.2 Å². The second-order valence-electron chi connectivity index (χ2n) is 11.4. The van der Waals surface area contributed by atoms with Crippen LogP contribution in [0.25, 0.3) is 22.9 Å². The number of nitrogens with zero attached hydrogens (tertiary/aromatic N) is 6. The van der Waals surface area contributed by atoms with Gasteiger partial charge in [0.25, 0.3) is 0 Å². The number of anilines is 2. The maximum Gasteiger partial charge on any atom is 0.150 e. The summed E-state index contributed by atoms with van der Waals surface area (Å²) >= 11 is 0. The lowest BCUT2D eigenvalue weighted by atomic mass is 9.78. The molecular formula is C32H37N7O. The molecule has 2 aliphatic heterocycles. The zero-order valence-corrected chi connectivity index (χ0v) is 23.0. The lowest BCUT2D eigenvalue weighted by molar-refractivity contribution is 0.0440. The van der Waals surface area contributed by atoms with Crippen molar-refractivity contribution < 1.29 is 5.11 Å². The Kier molecular flexibility index (Phi) is 6.54. The van der Waals surface area contributed by atoms with Crippen LogP contribution in [0.15, 0.2) is 67.0 Å². The van der Waals surface area contributed by atoms with Crippen LogP contribution in [0.5, 0.6) is 0 Å². The lowest BCUT2D eigenvalue weighted by Crippen LogP contribution is -2.54. The quantitative estimate of drug-likeness (QED) is 0.385. The zero-order chi connectivity index (χ0) is 27.2. The van der Waals surface area contributed by atoms with Crippen molar-refractivity contribution in [2.24, 2.45) is 0 Å². The Hall–Kier alpha value is -3.72. The number of aromatic nitrogens is 3. The first-order chi connectivity index (χ1) is 19.6. The smallest absolute Gasteiger partial charge is 0.150 e. The molecule has 1 saturated heterocycles. The van der Waals surface area contributed by atoms with E-state index in [-0.39, 0.29) is 12.6 Å². The Morgan fingerprint density at radius 3 is 2.60 bits per heavy atom. The van der Waals surface area contributed by atoms with Crippen molar-refractivity contribution in [2.75, 3.05) is 57.0 Å². The summed E-state index contributed by atoms with van der Waals surface area (Å²) in [5.74, 6) is 2.00. The second-order valence-corrected chi connectivity index (χ2v) is 11.4. The summed E-state index contributed by atoms with van der Waals surface area (Å²) in [5, 5.41) is 9.25. The topological polar surface area (TPSA) is 86.2 Å². The fraction of sp³-hybridized carbons (Fsp3) is 0.375. The Bertz CT molecular complexity index is 1530. The first kappa shape index (κ1) is 25.3. The SMILES string of the molecule is CN1c2cc(-c3nc([C@H]4C[C@@H](N5CCN(CCO)CC5)C4)n4ccnc(N)c34)ccc2C=CC1c1ccccc1. The maximum atomic E-state index is 9.25. The van der Waals surface area contributed by atoms with Crippen LogP contribution in [0.3, 0.4) is 0 Å². The van der Waals surface area contributed by atoms with Crippen LogP contribution in [-0.2, 0) is 0 Å². The summed E-state index contributed by atoms with van der Waals surface area (Å²) in [7, 11) is 2.16. The van der Waals surface area contributed by atoms with Gasteiger partial charge in [-0.25, -0.2) is 9.97 Å². The molecule has 3 aliphatic rings. The van der Waals surface area contributed by atoms with Gasteiger partial charge < -0.3 is 15.7 Å². The number of hydrogen-bond acceptors (Lipinski definition) is 7. The minimum absolute atomic E-state index is 0.183. The van der Waals surface area contributed by atoms with E-state index in [4.69, 9.17) is 10.7 Å². The zero-order valence-electron chi connectivity index (χ0n) is 23.0. The molecule has 0 bridgehead atoms. The van der Waals surface area contributed by atoms with Crippen molar-refractivity contribution in [3.05, 3.63) is 84.0 Å². The number of nitrogen functional groups attached to an aromatic ring is 1. The summed E-state index contributed by atoms with van der Waals surface area (Å²) in [4.78, 5) is 17.0. The van der Waals surface area contributed by atoms with Gasteiger partial charge in [-0.15, -0.1) is 0 Å². The Morgan fingerprint density at radius 1 is 1.02 bits per heavy atom. The fourth-order valence-corrected chi connectivity index (χ4v) is 6.76. The van der Waals surface area contributed by atoms with Crippen LogP contribution in [0.1, 0.15) is 41.8 Å². The standard InChI is InChI=1S/C32H37N7O/c1-36-27(22-5-3-2-4-6-22)10-9-23-7-8-24(21-28(23)36)29-30-31(33)34-11-12-39(30)32(35-29)25-19-26(20-25)38-15-13-37(14-16-38)17-18-40/h2-12,21,25-27,40H,13-20H2,1H3,(H2,33,34)/t25-,26+,27?. The number of imidazole rings is 1. The van der Waals surface area contributed by atoms with Crippen molar-refractivity contribution in [1.82, 2.24) is 24.2 Å². The molecule has 8 heteroatoms. The van der Waals surface area contributed by atoms with Crippen molar-refractivity contribution in [1.29, 1.82) is 0 Å². The van der Waals surface area contributed by atoms with Gasteiger partial charge in [0.05, 0.1) is 12.6 Å². The van der Waals surface area contributed by atoms with E-state index >= 15 is 0 Å². The monoisotopic (exact) mass is 535 g/mol. The highest BCUT2D eigenvalue weighted by Crippen LogP contribution is 2.43. The van der Waals surface area contributed by atoms with Crippen LogP contribution in [0.4, 0.5) is 11.5 Å². The first-order valence-electron chi connectivity index (χ1n) is 14.4. The Labute approximate surface area is 235 Å². The molecule has 8 nitrogen and oxygen atoms in total. The minimum Gasteiger partial charge on any atom is -0.395 e. The molecule has 0 spiro atoms. The van der Waals surface area contributed by atoms with Crippen LogP contribution < -0.4 is 10.6 Å². The molecule has 0 radical (unpaired) electrons. The van der Waals surface area contributed by atoms with E-state index in [1.807, 2.05) is 6.20 Å². The second kappa shape index (κ2) is 10.4. The number of aliphatic hydroxyl groups is 1. The van der Waals surface area contributed by atoms with Crippen molar-refractivity contribution in [3.8, 4) is 11.3 Å². The van der Waals surface area contributed by atoms with Gasteiger partial charge in [-0.1, -0.05) is 54.6 Å². The number of nitrogens with two attached hydrogens (primary N) is 1. The van der Waals surface area contributed by atoms with Gasteiger partial charge >= 0.3 is 0 Å². The van der Waals surface area contributed by atoms with E-state index in [1.165, 1.54) is 16.8 Å². The van der Waals surface area contributed by atoms with Gasteiger partial charge in [-0.3, -0.25) is 14.2 Å². The third-order valence-corrected chi connectivity index (χ3v) is 9.13. The molecule has 1 aliphatic carbocycles. The van der Waals surface area contributed by atoms with E-state index < -0.39 is 0 Å². The van der Waals surface area contributed by atoms with Gasteiger partial charge in [0, 0.05) is 75.4 Å². The predicted octanol–water partition coefficient (Wildman–Crippen LogP) is 4.04. The van der Waals surface area contributed by atoms with E-state index in [1.54, 1.807) is 6.20 Å². The lowest BCUT2D eigenvalue weighted by Gasteiger charge is -2.46. The highest BCUT2D eigenvalue weighted by atomic mass is 16.3. The Balaban J connectivity index is 1.17. The average Bonchev–Trinajstić information content (AvgIpc) is 3.34. The van der Waals surface area contributed by atoms with Crippen molar-refractivity contribution in [2.45, 2.75) is 30.8 Å². The molecule has 206 valence electrons. The van der Waals surface area contributed by atoms with Crippen LogP contribution in [0.2, 0.25) is 0 Å². The van der Waals surface area contributed by atoms with Crippen LogP contribution >= 0.6 is 0 Å². The van der Waals surface area contributed by atoms with Gasteiger partial charge in [0.15, 0.2) is 0 Å². The molecule has 3 N–H and O–H groups in total. The van der Waals surface area contributed by atoms with E-state index in [2.05, 4.69) is 91.8 Å². The molecule has 7 rings (SSSR count). The normalized spacial score (nSPS) is 23.4. The number of aliphatic hydroxyl groups excluding tert-OH is 1. The molecule has 2 aromatic carbocycles. The number of rotatable bonds is 6. The number of piperazine rings is 1. The minimum atomic E-state index is 0.183. The molecule has 2 aromatic heterocycles. The van der Waals surface area contributed by atoms with Gasteiger partial charge in [0.2, 0.25) is 0 Å². The van der Waals surface area contributed by atoms with Crippen molar-refractivity contribution in [3.63, 3.8) is 0 Å². The highest BCUT2D eigenvalue weighted by molar-refractivity contribution is 5.88. The van der Waals surface area contributed by atoms with Gasteiger partial charge in [-0.05, 0) is 30.0 Å². The maximum absolute atomic E-state index is 9.25.